The zero-order chi connectivity index (χ0) is 11.5. The zero-order valence-corrected chi connectivity index (χ0v) is 11.0. The van der Waals surface area contributed by atoms with Crippen molar-refractivity contribution in [1.82, 2.24) is 4.98 Å². The third kappa shape index (κ3) is 2.83. The van der Waals surface area contributed by atoms with Crippen molar-refractivity contribution >= 4 is 27.7 Å². The average Bonchev–Trinajstić information content (AvgIpc) is 2.27. The fourth-order valence-electron chi connectivity index (χ4n) is 1.19. The third-order valence-electron chi connectivity index (χ3n) is 2.06. The summed E-state index contributed by atoms with van der Waals surface area (Å²) in [4.78, 5) is 5.26. The van der Waals surface area contributed by atoms with E-state index in [0.717, 1.165) is 20.0 Å². The first-order chi connectivity index (χ1) is 7.65. The molecule has 2 rings (SSSR count). The summed E-state index contributed by atoms with van der Waals surface area (Å²) in [5.74, 6) is -0.218. The van der Waals surface area contributed by atoms with E-state index in [0.29, 0.717) is 0 Å². The van der Waals surface area contributed by atoms with Gasteiger partial charge in [0.2, 0.25) is 0 Å². The Kier molecular flexibility index (Phi) is 3.61. The maximum absolute atomic E-state index is 12.7. The van der Waals surface area contributed by atoms with E-state index in [2.05, 4.69) is 20.9 Å². The smallest absolute Gasteiger partial charge is 0.123 e. The molecule has 4 heteroatoms. The monoisotopic (exact) mass is 297 g/mol. The minimum absolute atomic E-state index is 0.218. The molecule has 1 aromatic heterocycles. The Balaban J connectivity index is 2.20. The van der Waals surface area contributed by atoms with Gasteiger partial charge in [-0.05, 0) is 58.7 Å². The van der Waals surface area contributed by atoms with E-state index >= 15 is 0 Å². The molecule has 0 saturated heterocycles. The Morgan fingerprint density at radius 1 is 1.25 bits per heavy atom. The molecule has 0 aliphatic rings. The van der Waals surface area contributed by atoms with Crippen molar-refractivity contribution in [2.75, 3.05) is 0 Å². The molecule has 0 amide bonds. The number of aromatic nitrogens is 1. The van der Waals surface area contributed by atoms with Crippen molar-refractivity contribution in [3.8, 4) is 0 Å². The van der Waals surface area contributed by atoms with Gasteiger partial charge in [-0.1, -0.05) is 11.8 Å². The molecule has 82 valence electrons. The van der Waals surface area contributed by atoms with Crippen LogP contribution in [0.4, 0.5) is 4.39 Å². The minimum atomic E-state index is -0.218. The topological polar surface area (TPSA) is 12.9 Å². The van der Waals surface area contributed by atoms with Crippen LogP contribution in [0.3, 0.4) is 0 Å². The molecule has 2 aromatic rings. The second-order valence-electron chi connectivity index (χ2n) is 3.33. The van der Waals surface area contributed by atoms with Crippen molar-refractivity contribution in [3.63, 3.8) is 0 Å². The molecule has 0 N–H and O–H groups in total. The fourth-order valence-corrected chi connectivity index (χ4v) is 2.26. The largest absolute Gasteiger partial charge is 0.248 e. The second-order valence-corrected chi connectivity index (χ2v) is 5.28. The summed E-state index contributed by atoms with van der Waals surface area (Å²) in [6.45, 7) is 2.01. The molecule has 0 aliphatic heterocycles. The van der Waals surface area contributed by atoms with Gasteiger partial charge in [-0.2, -0.15) is 0 Å². The highest BCUT2D eigenvalue weighted by Crippen LogP contribution is 2.28. The number of hydrogen-bond donors (Lipinski definition) is 0. The zero-order valence-electron chi connectivity index (χ0n) is 8.58. The van der Waals surface area contributed by atoms with Crippen molar-refractivity contribution in [2.45, 2.75) is 16.8 Å². The summed E-state index contributed by atoms with van der Waals surface area (Å²) >= 11 is 4.92. The van der Waals surface area contributed by atoms with Gasteiger partial charge < -0.3 is 0 Å². The van der Waals surface area contributed by atoms with Crippen LogP contribution >= 0.6 is 27.7 Å². The summed E-state index contributed by atoms with van der Waals surface area (Å²) in [6.07, 6.45) is 1.78. The number of benzene rings is 1. The van der Waals surface area contributed by atoms with E-state index < -0.39 is 0 Å². The number of halogens is 2. The van der Waals surface area contributed by atoms with Crippen LogP contribution in [0.25, 0.3) is 0 Å². The summed E-state index contributed by atoms with van der Waals surface area (Å²) in [7, 11) is 0. The highest BCUT2D eigenvalue weighted by atomic mass is 79.9. The molecular weight excluding hydrogens is 289 g/mol. The number of rotatable bonds is 2. The van der Waals surface area contributed by atoms with E-state index in [9.17, 15) is 4.39 Å². The summed E-state index contributed by atoms with van der Waals surface area (Å²) in [5.41, 5.74) is 1.14. The predicted molar refractivity (Wildman–Crippen MR) is 67.2 cm³/mol. The first kappa shape index (κ1) is 11.6. The molecule has 0 bridgehead atoms. The van der Waals surface area contributed by atoms with Crippen LogP contribution in [0, 0.1) is 12.7 Å². The molecule has 1 heterocycles. The quantitative estimate of drug-likeness (QED) is 0.813. The normalized spacial score (nSPS) is 10.4. The van der Waals surface area contributed by atoms with Crippen LogP contribution in [-0.2, 0) is 0 Å². The predicted octanol–water partition coefficient (Wildman–Crippen LogP) is 4.44. The highest BCUT2D eigenvalue weighted by Gasteiger charge is 2.01. The number of aryl methyl sites for hydroxylation is 1. The average molecular weight is 298 g/mol. The van der Waals surface area contributed by atoms with E-state index in [1.807, 2.05) is 13.0 Å². The van der Waals surface area contributed by atoms with Gasteiger partial charge in [0, 0.05) is 15.6 Å². The number of pyridine rings is 1. The molecule has 0 fully saturated rings. The Labute approximate surface area is 106 Å². The van der Waals surface area contributed by atoms with Gasteiger partial charge in [0.25, 0.3) is 0 Å². The van der Waals surface area contributed by atoms with Crippen LogP contribution < -0.4 is 0 Å². The van der Waals surface area contributed by atoms with Crippen molar-refractivity contribution in [1.29, 1.82) is 0 Å². The van der Waals surface area contributed by atoms with Gasteiger partial charge in [-0.15, -0.1) is 0 Å². The Morgan fingerprint density at radius 2 is 1.94 bits per heavy atom. The van der Waals surface area contributed by atoms with Crippen molar-refractivity contribution in [3.05, 3.63) is 52.4 Å². The molecule has 0 aliphatic carbocycles. The number of nitrogens with zero attached hydrogens (tertiary/aromatic N) is 1. The summed E-state index contributed by atoms with van der Waals surface area (Å²) < 4.78 is 13.7. The third-order valence-corrected chi connectivity index (χ3v) is 3.83. The van der Waals surface area contributed by atoms with Crippen LogP contribution in [0.2, 0.25) is 0 Å². The van der Waals surface area contributed by atoms with E-state index in [4.69, 9.17) is 0 Å². The Hall–Kier alpha value is -0.870. The molecule has 16 heavy (non-hydrogen) atoms. The molecule has 0 spiro atoms. The van der Waals surface area contributed by atoms with Crippen molar-refractivity contribution in [2.24, 2.45) is 0 Å². The molecule has 0 saturated carbocycles. The van der Waals surface area contributed by atoms with Crippen LogP contribution in [0.5, 0.6) is 0 Å². The number of hydrogen-bond acceptors (Lipinski definition) is 2. The van der Waals surface area contributed by atoms with Gasteiger partial charge in [0.1, 0.15) is 10.8 Å². The van der Waals surface area contributed by atoms with E-state index in [-0.39, 0.29) is 5.82 Å². The van der Waals surface area contributed by atoms with E-state index in [1.54, 1.807) is 18.3 Å². The standard InChI is InChI=1S/C12H9BrFNS/c1-8-6-12(15-7-11(8)13)16-10-4-2-9(14)3-5-10/h2-7H,1H3. The molecule has 0 radical (unpaired) electrons. The SMILES string of the molecule is Cc1cc(Sc2ccc(F)cc2)ncc1Br. The Morgan fingerprint density at radius 3 is 2.56 bits per heavy atom. The van der Waals surface area contributed by atoms with Crippen LogP contribution in [0.15, 0.2) is 50.9 Å². The highest BCUT2D eigenvalue weighted by molar-refractivity contribution is 9.10. The maximum Gasteiger partial charge on any atom is 0.123 e. The Bertz CT molecular complexity index is 499. The molecule has 1 aromatic carbocycles. The molecule has 0 atom stereocenters. The maximum atomic E-state index is 12.7. The van der Waals surface area contributed by atoms with Gasteiger partial charge in [0.05, 0.1) is 0 Å². The lowest BCUT2D eigenvalue weighted by Crippen LogP contribution is -1.83. The minimum Gasteiger partial charge on any atom is -0.248 e. The second kappa shape index (κ2) is 4.97. The van der Waals surface area contributed by atoms with Crippen LogP contribution in [0.1, 0.15) is 5.56 Å². The van der Waals surface area contributed by atoms with Crippen molar-refractivity contribution < 1.29 is 4.39 Å². The van der Waals surface area contributed by atoms with Gasteiger partial charge in [-0.25, -0.2) is 9.37 Å². The molecule has 0 unspecified atom stereocenters. The van der Waals surface area contributed by atoms with Gasteiger partial charge in [0.15, 0.2) is 0 Å². The molecule has 1 nitrogen and oxygen atoms in total. The van der Waals surface area contributed by atoms with Crippen LogP contribution in [-0.4, -0.2) is 4.98 Å². The first-order valence-corrected chi connectivity index (χ1v) is 6.31. The van der Waals surface area contributed by atoms with Gasteiger partial charge >= 0.3 is 0 Å². The summed E-state index contributed by atoms with van der Waals surface area (Å²) in [5, 5.41) is 0.910. The first-order valence-electron chi connectivity index (χ1n) is 4.71. The lowest BCUT2D eigenvalue weighted by molar-refractivity contribution is 0.626. The lowest BCUT2D eigenvalue weighted by Gasteiger charge is -2.03. The van der Waals surface area contributed by atoms with E-state index in [1.165, 1.54) is 23.9 Å². The van der Waals surface area contributed by atoms with Gasteiger partial charge in [-0.3, -0.25) is 0 Å². The fraction of sp³-hybridized carbons (Fsp3) is 0.0833. The lowest BCUT2D eigenvalue weighted by atomic mass is 10.3. The molecular formula is C12H9BrFNS. The summed E-state index contributed by atoms with van der Waals surface area (Å²) in [6, 6.07) is 8.40.